The van der Waals surface area contributed by atoms with Crippen LogP contribution in [0.5, 0.6) is 0 Å². The van der Waals surface area contributed by atoms with Gasteiger partial charge in [0, 0.05) is 36.1 Å². The molecule has 3 rings (SSSR count). The van der Waals surface area contributed by atoms with Gasteiger partial charge in [0.15, 0.2) is 0 Å². The van der Waals surface area contributed by atoms with Gasteiger partial charge in [-0.3, -0.25) is 14.6 Å². The van der Waals surface area contributed by atoms with Crippen molar-refractivity contribution >= 4 is 11.8 Å². The summed E-state index contributed by atoms with van der Waals surface area (Å²) in [5.41, 5.74) is 2.13. The molecule has 1 saturated carbocycles. The molecule has 0 saturated heterocycles. The fourth-order valence-electron chi connectivity index (χ4n) is 3.07. The topological polar surface area (TPSA) is 71.1 Å². The zero-order valence-corrected chi connectivity index (χ0v) is 14.2. The summed E-state index contributed by atoms with van der Waals surface area (Å²) >= 11 is 0. The number of carbonyl (C=O) groups excluding carboxylic acids is 2. The Labute approximate surface area is 147 Å². The minimum atomic E-state index is -0.156. The fourth-order valence-corrected chi connectivity index (χ4v) is 3.07. The van der Waals surface area contributed by atoms with E-state index in [-0.39, 0.29) is 17.9 Å². The third-order valence-electron chi connectivity index (χ3n) is 4.55. The van der Waals surface area contributed by atoms with Crippen LogP contribution in [0.1, 0.15) is 58.4 Å². The summed E-state index contributed by atoms with van der Waals surface area (Å²) in [5.74, 6) is -0.216. The van der Waals surface area contributed by atoms with Crippen molar-refractivity contribution in [2.75, 3.05) is 0 Å². The average Bonchev–Trinajstić information content (AvgIpc) is 2.68. The Morgan fingerprint density at radius 3 is 2.12 bits per heavy atom. The third-order valence-corrected chi connectivity index (χ3v) is 4.55. The lowest BCUT2D eigenvalue weighted by Gasteiger charge is -2.22. The van der Waals surface area contributed by atoms with Crippen LogP contribution in [0.25, 0.3) is 0 Å². The number of nitrogens with zero attached hydrogens (tertiary/aromatic N) is 1. The second kappa shape index (κ2) is 8.42. The van der Waals surface area contributed by atoms with Gasteiger partial charge in [-0.05, 0) is 54.8 Å². The second-order valence-corrected chi connectivity index (χ2v) is 6.42. The van der Waals surface area contributed by atoms with Crippen LogP contribution in [0.15, 0.2) is 48.8 Å². The molecule has 1 fully saturated rings. The first kappa shape index (κ1) is 17.1. The molecule has 5 heteroatoms. The lowest BCUT2D eigenvalue weighted by atomic mass is 9.95. The third kappa shape index (κ3) is 4.89. The first-order valence-corrected chi connectivity index (χ1v) is 8.80. The zero-order chi connectivity index (χ0) is 17.5. The van der Waals surface area contributed by atoms with Crippen LogP contribution in [0.3, 0.4) is 0 Å². The Bertz CT molecular complexity index is 707. The lowest BCUT2D eigenvalue weighted by molar-refractivity contribution is 0.0922. The number of hydrogen-bond acceptors (Lipinski definition) is 3. The Balaban J connectivity index is 1.53. The number of aromatic nitrogens is 1. The van der Waals surface area contributed by atoms with Crippen molar-refractivity contribution in [3.63, 3.8) is 0 Å². The molecule has 0 atom stereocenters. The van der Waals surface area contributed by atoms with Crippen molar-refractivity contribution in [1.29, 1.82) is 0 Å². The monoisotopic (exact) mass is 337 g/mol. The maximum atomic E-state index is 12.3. The summed E-state index contributed by atoms with van der Waals surface area (Å²) in [6.45, 7) is 0.450. The molecular weight excluding hydrogens is 314 g/mol. The number of hydrogen-bond donors (Lipinski definition) is 2. The van der Waals surface area contributed by atoms with E-state index in [1.54, 1.807) is 36.7 Å². The summed E-state index contributed by atoms with van der Waals surface area (Å²) in [6, 6.07) is 10.8. The molecule has 1 aliphatic rings. The molecule has 1 heterocycles. The molecule has 2 aromatic rings. The van der Waals surface area contributed by atoms with Gasteiger partial charge >= 0.3 is 0 Å². The van der Waals surface area contributed by atoms with Gasteiger partial charge in [0.05, 0.1) is 0 Å². The molecule has 1 aromatic carbocycles. The van der Waals surface area contributed by atoms with Gasteiger partial charge in [-0.25, -0.2) is 0 Å². The first-order valence-electron chi connectivity index (χ1n) is 8.80. The SMILES string of the molecule is O=C(NCc1ccncc1)c1ccc(C(=O)NC2CCCCC2)cc1. The number of amides is 2. The van der Waals surface area contributed by atoms with Crippen LogP contribution in [-0.4, -0.2) is 22.8 Å². The van der Waals surface area contributed by atoms with Crippen LogP contribution in [0.4, 0.5) is 0 Å². The van der Waals surface area contributed by atoms with E-state index in [1.807, 2.05) is 12.1 Å². The lowest BCUT2D eigenvalue weighted by Crippen LogP contribution is -2.36. The summed E-state index contributed by atoms with van der Waals surface area (Å²) in [5, 5.41) is 5.95. The standard InChI is InChI=1S/C20H23N3O2/c24-19(22-14-15-10-12-21-13-11-15)16-6-8-17(9-7-16)20(25)23-18-4-2-1-3-5-18/h6-13,18H,1-5,14H2,(H,22,24)(H,23,25). The molecule has 0 spiro atoms. The van der Waals surface area contributed by atoms with Crippen molar-refractivity contribution in [2.45, 2.75) is 44.7 Å². The first-order chi connectivity index (χ1) is 12.2. The Kier molecular flexibility index (Phi) is 5.77. The molecule has 25 heavy (non-hydrogen) atoms. The average molecular weight is 337 g/mol. The minimum Gasteiger partial charge on any atom is -0.349 e. The normalized spacial score (nSPS) is 14.7. The molecule has 0 radical (unpaired) electrons. The van der Waals surface area contributed by atoms with Gasteiger partial charge in [0.1, 0.15) is 0 Å². The molecule has 1 aliphatic carbocycles. The Morgan fingerprint density at radius 2 is 1.48 bits per heavy atom. The largest absolute Gasteiger partial charge is 0.349 e. The molecule has 1 aromatic heterocycles. The van der Waals surface area contributed by atoms with Crippen molar-refractivity contribution in [2.24, 2.45) is 0 Å². The van der Waals surface area contributed by atoms with Gasteiger partial charge < -0.3 is 10.6 Å². The smallest absolute Gasteiger partial charge is 0.251 e. The van der Waals surface area contributed by atoms with E-state index in [9.17, 15) is 9.59 Å². The molecule has 130 valence electrons. The highest BCUT2D eigenvalue weighted by molar-refractivity contribution is 5.97. The van der Waals surface area contributed by atoms with Gasteiger partial charge in [0.25, 0.3) is 11.8 Å². The maximum absolute atomic E-state index is 12.3. The highest BCUT2D eigenvalue weighted by Crippen LogP contribution is 2.18. The highest BCUT2D eigenvalue weighted by atomic mass is 16.2. The van der Waals surface area contributed by atoms with E-state index in [2.05, 4.69) is 15.6 Å². The molecule has 0 aliphatic heterocycles. The van der Waals surface area contributed by atoms with E-state index >= 15 is 0 Å². The molecular formula is C20H23N3O2. The molecule has 2 amide bonds. The van der Waals surface area contributed by atoms with E-state index in [1.165, 1.54) is 19.3 Å². The second-order valence-electron chi connectivity index (χ2n) is 6.42. The number of carbonyl (C=O) groups is 2. The number of nitrogens with one attached hydrogen (secondary N) is 2. The number of pyridine rings is 1. The van der Waals surface area contributed by atoms with Crippen LogP contribution in [-0.2, 0) is 6.54 Å². The predicted octanol–water partition coefficient (Wildman–Crippen LogP) is 3.07. The fraction of sp³-hybridized carbons (Fsp3) is 0.350. The van der Waals surface area contributed by atoms with Gasteiger partial charge in [0.2, 0.25) is 0 Å². The van der Waals surface area contributed by atoms with Crippen LogP contribution < -0.4 is 10.6 Å². The quantitative estimate of drug-likeness (QED) is 0.881. The van der Waals surface area contributed by atoms with Crippen LogP contribution in [0, 0.1) is 0 Å². The van der Waals surface area contributed by atoms with E-state index in [0.717, 1.165) is 18.4 Å². The van der Waals surface area contributed by atoms with Crippen molar-refractivity contribution in [1.82, 2.24) is 15.6 Å². The van der Waals surface area contributed by atoms with Crippen LogP contribution in [0.2, 0.25) is 0 Å². The minimum absolute atomic E-state index is 0.0596. The number of rotatable bonds is 5. The zero-order valence-electron chi connectivity index (χ0n) is 14.2. The molecule has 2 N–H and O–H groups in total. The van der Waals surface area contributed by atoms with Gasteiger partial charge in [-0.1, -0.05) is 19.3 Å². The van der Waals surface area contributed by atoms with Crippen molar-refractivity contribution in [3.8, 4) is 0 Å². The molecule has 0 bridgehead atoms. The summed E-state index contributed by atoms with van der Waals surface area (Å²) in [4.78, 5) is 28.4. The summed E-state index contributed by atoms with van der Waals surface area (Å²) < 4.78 is 0. The van der Waals surface area contributed by atoms with E-state index < -0.39 is 0 Å². The highest BCUT2D eigenvalue weighted by Gasteiger charge is 2.16. The van der Waals surface area contributed by atoms with Crippen molar-refractivity contribution in [3.05, 3.63) is 65.5 Å². The summed E-state index contributed by atoms with van der Waals surface area (Å²) in [7, 11) is 0. The predicted molar refractivity (Wildman–Crippen MR) is 96.2 cm³/mol. The van der Waals surface area contributed by atoms with E-state index in [0.29, 0.717) is 17.7 Å². The number of benzene rings is 1. The van der Waals surface area contributed by atoms with Crippen molar-refractivity contribution < 1.29 is 9.59 Å². The maximum Gasteiger partial charge on any atom is 0.251 e. The summed E-state index contributed by atoms with van der Waals surface area (Å²) in [6.07, 6.45) is 9.13. The Morgan fingerprint density at radius 1 is 0.880 bits per heavy atom. The Hall–Kier alpha value is -2.69. The molecule has 0 unspecified atom stereocenters. The van der Waals surface area contributed by atoms with Gasteiger partial charge in [-0.15, -0.1) is 0 Å². The van der Waals surface area contributed by atoms with Crippen LogP contribution >= 0.6 is 0 Å². The van der Waals surface area contributed by atoms with Gasteiger partial charge in [-0.2, -0.15) is 0 Å². The van der Waals surface area contributed by atoms with E-state index in [4.69, 9.17) is 0 Å². The molecule has 5 nitrogen and oxygen atoms in total.